The zero-order valence-electron chi connectivity index (χ0n) is 7.35. The molecule has 2 nitrogen and oxygen atoms in total. The number of rotatable bonds is 2. The summed E-state index contributed by atoms with van der Waals surface area (Å²) in [7, 11) is 0. The molecule has 0 saturated heterocycles. The van der Waals surface area contributed by atoms with Gasteiger partial charge in [0.2, 0.25) is 0 Å². The summed E-state index contributed by atoms with van der Waals surface area (Å²) < 4.78 is 25.9. The number of carbonyl (C=O) groups excluding carboxylic acids is 1. The Morgan fingerprint density at radius 3 is 2.50 bits per heavy atom. The summed E-state index contributed by atoms with van der Waals surface area (Å²) >= 11 is 2.86. The molecule has 76 valence electrons. The van der Waals surface area contributed by atoms with Gasteiger partial charge in [-0.05, 0) is 28.9 Å². The third-order valence-corrected chi connectivity index (χ3v) is 2.30. The third kappa shape index (κ3) is 2.16. The van der Waals surface area contributed by atoms with E-state index >= 15 is 0 Å². The first kappa shape index (κ1) is 11.3. The van der Waals surface area contributed by atoms with Gasteiger partial charge < -0.3 is 5.73 Å². The van der Waals surface area contributed by atoms with Crippen LogP contribution in [0.25, 0.3) is 0 Å². The van der Waals surface area contributed by atoms with Crippen LogP contribution in [-0.4, -0.2) is 11.8 Å². The Bertz CT molecular complexity index is 379. The van der Waals surface area contributed by atoms with Crippen molar-refractivity contribution in [1.82, 2.24) is 0 Å². The van der Waals surface area contributed by atoms with Gasteiger partial charge in [0, 0.05) is 6.07 Å². The lowest BCUT2D eigenvalue weighted by molar-refractivity contribution is 0.0964. The fourth-order valence-electron chi connectivity index (χ4n) is 0.957. The standard InChI is InChI=1S/C9H8BrF2NO/c1-4(13)9(14)5-2-6(10)8(12)3-7(5)11/h2-4H,13H2,1H3. The Morgan fingerprint density at radius 1 is 1.43 bits per heavy atom. The van der Waals surface area contributed by atoms with Crippen molar-refractivity contribution in [2.75, 3.05) is 0 Å². The number of benzene rings is 1. The van der Waals surface area contributed by atoms with Crippen LogP contribution in [0.4, 0.5) is 8.78 Å². The van der Waals surface area contributed by atoms with Gasteiger partial charge in [-0.2, -0.15) is 0 Å². The van der Waals surface area contributed by atoms with Gasteiger partial charge >= 0.3 is 0 Å². The second-order valence-corrected chi connectivity index (χ2v) is 3.75. The summed E-state index contributed by atoms with van der Waals surface area (Å²) in [6.45, 7) is 1.44. The maximum atomic E-state index is 13.1. The van der Waals surface area contributed by atoms with Gasteiger partial charge in [0.25, 0.3) is 0 Å². The van der Waals surface area contributed by atoms with Gasteiger partial charge in [0.05, 0.1) is 16.1 Å². The Hall–Kier alpha value is -0.810. The molecular formula is C9H8BrF2NO. The summed E-state index contributed by atoms with van der Waals surface area (Å²) in [5.41, 5.74) is 5.10. The number of carbonyl (C=O) groups is 1. The Balaban J connectivity index is 3.22. The van der Waals surface area contributed by atoms with Gasteiger partial charge in [-0.25, -0.2) is 8.78 Å². The molecule has 0 radical (unpaired) electrons. The molecule has 0 aliphatic rings. The molecule has 1 rings (SSSR count). The van der Waals surface area contributed by atoms with Crippen LogP contribution in [0.1, 0.15) is 17.3 Å². The van der Waals surface area contributed by atoms with Crippen molar-refractivity contribution in [3.63, 3.8) is 0 Å². The topological polar surface area (TPSA) is 43.1 Å². The van der Waals surface area contributed by atoms with Gasteiger partial charge in [-0.3, -0.25) is 4.79 Å². The number of ketones is 1. The molecule has 1 aromatic rings. The van der Waals surface area contributed by atoms with Crippen molar-refractivity contribution in [3.8, 4) is 0 Å². The van der Waals surface area contributed by atoms with Crippen LogP contribution in [0.15, 0.2) is 16.6 Å². The highest BCUT2D eigenvalue weighted by atomic mass is 79.9. The molecule has 0 saturated carbocycles. The highest BCUT2D eigenvalue weighted by Crippen LogP contribution is 2.20. The van der Waals surface area contributed by atoms with Crippen molar-refractivity contribution >= 4 is 21.7 Å². The average molecular weight is 264 g/mol. The summed E-state index contributed by atoms with van der Waals surface area (Å²) in [4.78, 5) is 11.3. The number of Topliss-reactive ketones (excluding diaryl/α,β-unsaturated/α-hetero) is 1. The lowest BCUT2D eigenvalue weighted by atomic mass is 10.1. The molecule has 0 aliphatic heterocycles. The van der Waals surface area contributed by atoms with Crippen LogP contribution >= 0.6 is 15.9 Å². The Kier molecular flexibility index (Phi) is 3.34. The SMILES string of the molecule is CC(N)C(=O)c1cc(Br)c(F)cc1F. The van der Waals surface area contributed by atoms with Gasteiger partial charge in [0.15, 0.2) is 5.78 Å². The summed E-state index contributed by atoms with van der Waals surface area (Å²) in [5.74, 6) is -2.19. The lowest BCUT2D eigenvalue weighted by Crippen LogP contribution is -2.27. The molecule has 0 aliphatic carbocycles. The van der Waals surface area contributed by atoms with E-state index in [2.05, 4.69) is 15.9 Å². The molecule has 0 bridgehead atoms. The minimum Gasteiger partial charge on any atom is -0.321 e. The number of hydrogen-bond acceptors (Lipinski definition) is 2. The third-order valence-electron chi connectivity index (χ3n) is 1.69. The van der Waals surface area contributed by atoms with Crippen LogP contribution in [0.5, 0.6) is 0 Å². The molecule has 0 fully saturated rings. The monoisotopic (exact) mass is 263 g/mol. The van der Waals surface area contributed by atoms with Crippen molar-refractivity contribution < 1.29 is 13.6 Å². The number of hydrogen-bond donors (Lipinski definition) is 1. The molecular weight excluding hydrogens is 256 g/mol. The maximum Gasteiger partial charge on any atom is 0.182 e. The summed E-state index contributed by atoms with van der Waals surface area (Å²) in [6.07, 6.45) is 0. The smallest absolute Gasteiger partial charge is 0.182 e. The molecule has 2 N–H and O–H groups in total. The van der Waals surface area contributed by atoms with Crippen molar-refractivity contribution in [2.24, 2.45) is 5.73 Å². The Morgan fingerprint density at radius 2 is 2.00 bits per heavy atom. The molecule has 1 atom stereocenters. The molecule has 0 spiro atoms. The minimum absolute atomic E-state index is 0.0444. The van der Waals surface area contributed by atoms with E-state index in [1.54, 1.807) is 0 Å². The van der Waals surface area contributed by atoms with E-state index in [-0.39, 0.29) is 10.0 Å². The molecule has 0 aromatic heterocycles. The fraction of sp³-hybridized carbons (Fsp3) is 0.222. The maximum absolute atomic E-state index is 13.1. The number of nitrogens with two attached hydrogens (primary N) is 1. The molecule has 5 heteroatoms. The van der Waals surface area contributed by atoms with Crippen LogP contribution in [0.2, 0.25) is 0 Å². The van der Waals surface area contributed by atoms with Gasteiger partial charge in [-0.15, -0.1) is 0 Å². The van der Waals surface area contributed by atoms with Crippen molar-refractivity contribution in [2.45, 2.75) is 13.0 Å². The lowest BCUT2D eigenvalue weighted by Gasteiger charge is -2.06. The number of halogens is 3. The molecule has 1 aromatic carbocycles. The van der Waals surface area contributed by atoms with E-state index in [4.69, 9.17) is 5.73 Å². The van der Waals surface area contributed by atoms with Gasteiger partial charge in [0.1, 0.15) is 11.6 Å². The van der Waals surface area contributed by atoms with Crippen LogP contribution in [-0.2, 0) is 0 Å². The average Bonchev–Trinajstić information content (AvgIpc) is 2.10. The van der Waals surface area contributed by atoms with Crippen molar-refractivity contribution in [1.29, 1.82) is 0 Å². The Labute approximate surface area is 88.2 Å². The van der Waals surface area contributed by atoms with E-state index in [1.165, 1.54) is 6.92 Å². The normalized spacial score (nSPS) is 12.6. The van der Waals surface area contributed by atoms with E-state index in [9.17, 15) is 13.6 Å². The first-order valence-corrected chi connectivity index (χ1v) is 4.67. The van der Waals surface area contributed by atoms with Gasteiger partial charge in [-0.1, -0.05) is 0 Å². The predicted molar refractivity (Wildman–Crippen MR) is 52.0 cm³/mol. The first-order valence-electron chi connectivity index (χ1n) is 3.88. The minimum atomic E-state index is -0.895. The highest BCUT2D eigenvalue weighted by molar-refractivity contribution is 9.10. The zero-order valence-corrected chi connectivity index (χ0v) is 8.94. The van der Waals surface area contributed by atoms with Crippen LogP contribution in [0, 0.1) is 11.6 Å². The second kappa shape index (κ2) is 4.14. The van der Waals surface area contributed by atoms with E-state index in [1.807, 2.05) is 0 Å². The first-order chi connectivity index (χ1) is 6.43. The highest BCUT2D eigenvalue weighted by Gasteiger charge is 2.17. The van der Waals surface area contributed by atoms with Crippen LogP contribution < -0.4 is 5.73 Å². The van der Waals surface area contributed by atoms with E-state index in [0.717, 1.165) is 6.07 Å². The summed E-state index contributed by atoms with van der Waals surface area (Å²) in [5, 5.41) is 0. The molecule has 14 heavy (non-hydrogen) atoms. The second-order valence-electron chi connectivity index (χ2n) is 2.90. The molecule has 1 unspecified atom stereocenters. The summed E-state index contributed by atoms with van der Waals surface area (Å²) in [6, 6.07) is 0.942. The van der Waals surface area contributed by atoms with E-state index < -0.39 is 23.5 Å². The fourth-order valence-corrected chi connectivity index (χ4v) is 1.30. The largest absolute Gasteiger partial charge is 0.321 e. The van der Waals surface area contributed by atoms with E-state index in [0.29, 0.717) is 6.07 Å². The predicted octanol–water partition coefficient (Wildman–Crippen LogP) is 2.26. The molecule has 0 heterocycles. The zero-order chi connectivity index (χ0) is 10.9. The molecule has 0 amide bonds. The van der Waals surface area contributed by atoms with Crippen molar-refractivity contribution in [3.05, 3.63) is 33.8 Å². The quantitative estimate of drug-likeness (QED) is 0.657. The van der Waals surface area contributed by atoms with Crippen LogP contribution in [0.3, 0.4) is 0 Å².